The van der Waals surface area contributed by atoms with E-state index in [2.05, 4.69) is 10.6 Å². The zero-order chi connectivity index (χ0) is 33.1. The number of carbonyl (C=O) groups is 3. The summed E-state index contributed by atoms with van der Waals surface area (Å²) in [5.41, 5.74) is 3.67. The molecule has 3 aromatic carbocycles. The largest absolute Gasteiger partial charge is 0.506 e. The van der Waals surface area contributed by atoms with Gasteiger partial charge < -0.3 is 24.9 Å². The summed E-state index contributed by atoms with van der Waals surface area (Å²) in [6, 6.07) is 20.7. The summed E-state index contributed by atoms with van der Waals surface area (Å²) in [5, 5.41) is 17.5. The lowest BCUT2D eigenvalue weighted by Gasteiger charge is -2.37. The van der Waals surface area contributed by atoms with E-state index < -0.39 is 11.9 Å². The van der Waals surface area contributed by atoms with E-state index in [0.29, 0.717) is 52.0 Å². The fraction of sp³-hybridized carbons (Fsp3) is 0.270. The van der Waals surface area contributed by atoms with E-state index in [1.807, 2.05) is 44.2 Å². The Hall–Kier alpha value is -5.02. The molecule has 6 rings (SSSR count). The first-order valence-electron chi connectivity index (χ1n) is 15.5. The molecule has 0 fully saturated rings. The lowest BCUT2D eigenvalue weighted by molar-refractivity contribution is -0.125. The van der Waals surface area contributed by atoms with E-state index in [4.69, 9.17) is 20.8 Å². The number of halogens is 1. The molecule has 9 nitrogen and oxygen atoms in total. The Balaban J connectivity index is 1.38. The Morgan fingerprint density at radius 1 is 1.04 bits per heavy atom. The van der Waals surface area contributed by atoms with Crippen LogP contribution < -0.4 is 20.3 Å². The first kappa shape index (κ1) is 31.9. The highest BCUT2D eigenvalue weighted by Crippen LogP contribution is 2.51. The Bertz CT molecular complexity index is 1830. The van der Waals surface area contributed by atoms with Crippen LogP contribution in [0.1, 0.15) is 62.3 Å². The summed E-state index contributed by atoms with van der Waals surface area (Å²) in [5.74, 6) is -0.387. The molecule has 242 valence electrons. The van der Waals surface area contributed by atoms with Gasteiger partial charge in [0.1, 0.15) is 23.8 Å². The number of Topliss-reactive ketones (excluding diaryl/α,β-unsaturated/α-hetero) is 1. The second-order valence-electron chi connectivity index (χ2n) is 12.7. The average Bonchev–Trinajstić information content (AvgIpc) is 3.51. The van der Waals surface area contributed by atoms with Crippen molar-refractivity contribution in [2.24, 2.45) is 5.41 Å². The number of ketones is 1. The maximum absolute atomic E-state index is 14.3. The molecule has 1 unspecified atom stereocenters. The van der Waals surface area contributed by atoms with E-state index in [9.17, 15) is 19.5 Å². The number of rotatable bonds is 9. The number of aromatic hydroxyl groups is 1. The molecule has 0 saturated heterocycles. The Labute approximate surface area is 278 Å². The third kappa shape index (κ3) is 7.05. The van der Waals surface area contributed by atoms with Gasteiger partial charge in [0.25, 0.3) is 0 Å². The van der Waals surface area contributed by atoms with Crippen LogP contribution in [-0.2, 0) is 27.5 Å². The van der Waals surface area contributed by atoms with Gasteiger partial charge in [-0.05, 0) is 53.3 Å². The summed E-state index contributed by atoms with van der Waals surface area (Å²) >= 11 is 6.99. The Morgan fingerprint density at radius 2 is 1.85 bits per heavy atom. The number of hydrogen-bond acceptors (Lipinski definition) is 7. The van der Waals surface area contributed by atoms with Crippen molar-refractivity contribution in [3.8, 4) is 11.5 Å². The van der Waals surface area contributed by atoms with Crippen LogP contribution in [0.4, 0.5) is 11.4 Å². The fourth-order valence-electron chi connectivity index (χ4n) is 6.20. The second kappa shape index (κ2) is 13.4. The van der Waals surface area contributed by atoms with Crippen LogP contribution >= 0.6 is 11.6 Å². The van der Waals surface area contributed by atoms with Gasteiger partial charge in [0.05, 0.1) is 24.3 Å². The van der Waals surface area contributed by atoms with Crippen molar-refractivity contribution in [2.45, 2.75) is 58.7 Å². The van der Waals surface area contributed by atoms with E-state index in [1.54, 1.807) is 42.7 Å². The highest BCUT2D eigenvalue weighted by atomic mass is 35.5. The van der Waals surface area contributed by atoms with Gasteiger partial charge in [-0.2, -0.15) is 0 Å². The Kier molecular flexibility index (Phi) is 9.09. The molecule has 0 radical (unpaired) electrons. The molecule has 2 heterocycles. The third-order valence-corrected chi connectivity index (χ3v) is 8.75. The topological polar surface area (TPSA) is 121 Å². The predicted octanol–water partition coefficient (Wildman–Crippen LogP) is 7.46. The van der Waals surface area contributed by atoms with E-state index in [0.717, 1.165) is 11.1 Å². The molecule has 1 aromatic heterocycles. The van der Waals surface area contributed by atoms with Crippen molar-refractivity contribution in [2.75, 3.05) is 10.2 Å². The molecular formula is C37H36ClN3O6. The summed E-state index contributed by atoms with van der Waals surface area (Å²) < 4.78 is 11.1. The van der Waals surface area contributed by atoms with E-state index in [-0.39, 0.29) is 48.7 Å². The normalized spacial score (nSPS) is 16.9. The van der Waals surface area contributed by atoms with Gasteiger partial charge in [-0.1, -0.05) is 67.9 Å². The van der Waals surface area contributed by atoms with Crippen LogP contribution in [0.5, 0.6) is 11.5 Å². The zero-order valence-corrected chi connectivity index (χ0v) is 27.0. The van der Waals surface area contributed by atoms with Gasteiger partial charge in [-0.15, -0.1) is 0 Å². The van der Waals surface area contributed by atoms with Gasteiger partial charge in [-0.25, -0.2) is 0 Å². The van der Waals surface area contributed by atoms with E-state index >= 15 is 0 Å². The lowest BCUT2D eigenvalue weighted by Crippen LogP contribution is -2.40. The van der Waals surface area contributed by atoms with Crippen LogP contribution in [0.25, 0.3) is 0 Å². The van der Waals surface area contributed by atoms with Crippen molar-refractivity contribution in [3.05, 3.63) is 118 Å². The summed E-state index contributed by atoms with van der Waals surface area (Å²) in [7, 11) is 0. The number of ether oxygens (including phenoxy) is 1. The maximum Gasteiger partial charge on any atom is 0.228 e. The first-order valence-corrected chi connectivity index (χ1v) is 15.9. The van der Waals surface area contributed by atoms with Gasteiger partial charge in [0.15, 0.2) is 5.78 Å². The van der Waals surface area contributed by atoms with Gasteiger partial charge in [0, 0.05) is 47.7 Å². The fourth-order valence-corrected chi connectivity index (χ4v) is 6.47. The third-order valence-electron chi connectivity index (χ3n) is 8.43. The minimum Gasteiger partial charge on any atom is -0.506 e. The number of anilines is 2. The highest BCUT2D eigenvalue weighted by molar-refractivity contribution is 6.31. The van der Waals surface area contributed by atoms with E-state index in [1.165, 1.54) is 17.2 Å². The van der Waals surface area contributed by atoms with Crippen molar-refractivity contribution >= 4 is 40.6 Å². The summed E-state index contributed by atoms with van der Waals surface area (Å²) in [4.78, 5) is 42.6. The highest BCUT2D eigenvalue weighted by Gasteiger charge is 2.44. The summed E-state index contributed by atoms with van der Waals surface area (Å²) in [6.45, 7) is 4.63. The maximum atomic E-state index is 14.3. The molecule has 10 heteroatoms. The molecule has 47 heavy (non-hydrogen) atoms. The number of para-hydroxylation sites is 1. The van der Waals surface area contributed by atoms with Crippen molar-refractivity contribution in [1.82, 2.24) is 5.32 Å². The molecule has 1 atom stereocenters. The standard InChI is InChI=1S/C37H36ClN3O6/c1-37(2)18-28-34(31(43)19-37)36(26-12-11-25(17-27(26)38)47-22-23-7-4-3-5-8-23)41(29-9-6-10-30(42)35(29)40-28)33(45)14-13-32(44)39-20-24-15-16-46-21-24/h3-12,15-17,21,36,40,42H,13-14,18-20,22H2,1-2H3,(H,39,44). The van der Waals surface area contributed by atoms with Gasteiger partial charge in [-0.3, -0.25) is 19.3 Å². The number of benzene rings is 3. The van der Waals surface area contributed by atoms with Crippen LogP contribution in [0.15, 0.2) is 101 Å². The number of nitrogens with zero attached hydrogens (tertiary/aromatic N) is 1. The molecule has 2 amide bonds. The number of carbonyl (C=O) groups excluding carboxylic acids is 3. The number of fused-ring (bicyclic) bond motifs is 1. The van der Waals surface area contributed by atoms with Crippen LogP contribution in [0, 0.1) is 5.41 Å². The number of furan rings is 1. The number of phenols is 1. The molecule has 4 aromatic rings. The lowest BCUT2D eigenvalue weighted by atomic mass is 9.73. The molecular weight excluding hydrogens is 618 g/mol. The first-order chi connectivity index (χ1) is 22.6. The quantitative estimate of drug-likeness (QED) is 0.160. The molecule has 0 bridgehead atoms. The van der Waals surface area contributed by atoms with Crippen molar-refractivity contribution in [3.63, 3.8) is 0 Å². The van der Waals surface area contributed by atoms with Crippen molar-refractivity contribution < 1.29 is 28.6 Å². The minimum absolute atomic E-state index is 0.0720. The zero-order valence-electron chi connectivity index (χ0n) is 26.2. The van der Waals surface area contributed by atoms with Gasteiger partial charge >= 0.3 is 0 Å². The summed E-state index contributed by atoms with van der Waals surface area (Å²) in [6.07, 6.45) is 3.59. The van der Waals surface area contributed by atoms with Gasteiger partial charge in [0.2, 0.25) is 11.8 Å². The number of phenolic OH excluding ortho intramolecular Hbond substituents is 1. The molecule has 2 aliphatic rings. The SMILES string of the molecule is CC1(C)CC(=O)C2=C(C1)Nc1c(O)cccc1N(C(=O)CCC(=O)NCc1ccoc1)C2c1ccc(OCc2ccccc2)cc1Cl. The average molecular weight is 654 g/mol. The Morgan fingerprint density at radius 3 is 2.60 bits per heavy atom. The van der Waals surface area contributed by atoms with Crippen LogP contribution in [0.2, 0.25) is 5.02 Å². The predicted molar refractivity (Wildman–Crippen MR) is 179 cm³/mol. The molecule has 0 spiro atoms. The number of amides is 2. The monoisotopic (exact) mass is 653 g/mol. The molecule has 1 aliphatic heterocycles. The number of nitrogens with one attached hydrogen (secondary N) is 2. The number of hydrogen-bond donors (Lipinski definition) is 3. The molecule has 1 aliphatic carbocycles. The van der Waals surface area contributed by atoms with Crippen LogP contribution in [0.3, 0.4) is 0 Å². The minimum atomic E-state index is -0.929. The number of allylic oxidation sites excluding steroid dienone is 1. The second-order valence-corrected chi connectivity index (χ2v) is 13.1. The van der Waals surface area contributed by atoms with Crippen molar-refractivity contribution in [1.29, 1.82) is 0 Å². The smallest absolute Gasteiger partial charge is 0.228 e. The molecule has 0 saturated carbocycles. The van der Waals surface area contributed by atoms with Crippen LogP contribution in [-0.4, -0.2) is 22.7 Å². The molecule has 3 N–H and O–H groups in total.